The highest BCUT2D eigenvalue weighted by molar-refractivity contribution is 6.35. The number of nitrogens with one attached hydrogen (secondary N) is 1. The molecule has 0 aromatic heterocycles. The van der Waals surface area contributed by atoms with Crippen molar-refractivity contribution in [2.75, 3.05) is 13.2 Å². The van der Waals surface area contributed by atoms with Gasteiger partial charge in [0.2, 0.25) is 5.91 Å². The van der Waals surface area contributed by atoms with Crippen molar-refractivity contribution < 1.29 is 14.3 Å². The molecule has 36 heavy (non-hydrogen) atoms. The van der Waals surface area contributed by atoms with E-state index < -0.39 is 6.04 Å². The molecular weight excluding hydrogens is 519 g/mol. The van der Waals surface area contributed by atoms with Gasteiger partial charge in [0.1, 0.15) is 11.8 Å². The fourth-order valence-corrected chi connectivity index (χ4v) is 4.25. The number of nitrogens with zero attached hydrogens (tertiary/aromatic N) is 1. The molecule has 0 fully saturated rings. The summed E-state index contributed by atoms with van der Waals surface area (Å²) in [6, 6.07) is 20.8. The molecule has 0 bridgehead atoms. The number of benzene rings is 3. The maximum Gasteiger partial charge on any atom is 0.261 e. The van der Waals surface area contributed by atoms with Gasteiger partial charge >= 0.3 is 0 Å². The van der Waals surface area contributed by atoms with Gasteiger partial charge in [0.15, 0.2) is 6.61 Å². The smallest absolute Gasteiger partial charge is 0.261 e. The predicted octanol–water partition coefficient (Wildman–Crippen LogP) is 6.44. The minimum Gasteiger partial charge on any atom is -0.482 e. The van der Waals surface area contributed by atoms with E-state index in [4.69, 9.17) is 39.5 Å². The van der Waals surface area contributed by atoms with Crippen LogP contribution in [0.2, 0.25) is 15.1 Å². The monoisotopic (exact) mass is 546 g/mol. The molecule has 1 N–H and O–H groups in total. The summed E-state index contributed by atoms with van der Waals surface area (Å²) >= 11 is 18.7. The van der Waals surface area contributed by atoms with Crippen LogP contribution in [0, 0.1) is 5.92 Å². The van der Waals surface area contributed by atoms with E-state index in [2.05, 4.69) is 5.32 Å². The molecule has 3 rings (SSSR count). The maximum atomic E-state index is 13.6. The van der Waals surface area contributed by atoms with E-state index in [0.29, 0.717) is 39.3 Å². The van der Waals surface area contributed by atoms with Crippen molar-refractivity contribution in [1.29, 1.82) is 0 Å². The molecule has 5 nitrogen and oxygen atoms in total. The lowest BCUT2D eigenvalue weighted by atomic mass is 10.0. The highest BCUT2D eigenvalue weighted by atomic mass is 35.5. The number of halogens is 3. The number of rotatable bonds is 11. The first-order valence-electron chi connectivity index (χ1n) is 11.7. The molecule has 0 saturated carbocycles. The molecule has 0 heterocycles. The topological polar surface area (TPSA) is 58.6 Å². The number of carbonyl (C=O) groups excluding carboxylic acids is 2. The maximum absolute atomic E-state index is 13.6. The first-order chi connectivity index (χ1) is 17.2. The normalized spacial score (nSPS) is 11.7. The number of carbonyl (C=O) groups is 2. The molecule has 8 heteroatoms. The van der Waals surface area contributed by atoms with E-state index in [1.165, 1.54) is 4.90 Å². The van der Waals surface area contributed by atoms with Crippen LogP contribution >= 0.6 is 34.8 Å². The third kappa shape index (κ3) is 8.16. The summed E-state index contributed by atoms with van der Waals surface area (Å²) in [7, 11) is 0. The Labute approximate surface area is 227 Å². The minimum atomic E-state index is -0.791. The molecular formula is C28H29Cl3N2O3. The number of ether oxygens (including phenoxy) is 1. The van der Waals surface area contributed by atoms with Crippen LogP contribution in [0.1, 0.15) is 25.0 Å². The van der Waals surface area contributed by atoms with Crippen LogP contribution in [0.4, 0.5) is 0 Å². The Bertz CT molecular complexity index is 1170. The van der Waals surface area contributed by atoms with Gasteiger partial charge in [0.25, 0.3) is 5.91 Å². The highest BCUT2D eigenvalue weighted by Crippen LogP contribution is 2.26. The van der Waals surface area contributed by atoms with Crippen molar-refractivity contribution >= 4 is 46.6 Å². The Kier molecular flexibility index (Phi) is 10.5. The lowest BCUT2D eigenvalue weighted by Crippen LogP contribution is -2.52. The number of hydrogen-bond acceptors (Lipinski definition) is 3. The minimum absolute atomic E-state index is 0.104. The van der Waals surface area contributed by atoms with Crippen LogP contribution in [0.3, 0.4) is 0 Å². The molecule has 3 aromatic carbocycles. The molecule has 0 radical (unpaired) electrons. The van der Waals surface area contributed by atoms with Gasteiger partial charge in [-0.2, -0.15) is 0 Å². The van der Waals surface area contributed by atoms with Crippen LogP contribution in [0.15, 0.2) is 72.8 Å². The first kappa shape index (κ1) is 27.9. The average Bonchev–Trinajstić information content (AvgIpc) is 2.85. The Balaban J connectivity index is 1.94. The Morgan fingerprint density at radius 3 is 2.28 bits per heavy atom. The number of amides is 2. The van der Waals surface area contributed by atoms with Gasteiger partial charge in [-0.15, -0.1) is 0 Å². The highest BCUT2D eigenvalue weighted by Gasteiger charge is 2.31. The zero-order valence-corrected chi connectivity index (χ0v) is 22.5. The largest absolute Gasteiger partial charge is 0.482 e. The lowest BCUT2D eigenvalue weighted by molar-refractivity contribution is -0.142. The van der Waals surface area contributed by atoms with Gasteiger partial charge < -0.3 is 15.0 Å². The molecule has 190 valence electrons. The molecule has 0 unspecified atom stereocenters. The van der Waals surface area contributed by atoms with E-state index in [-0.39, 0.29) is 30.9 Å². The summed E-state index contributed by atoms with van der Waals surface area (Å²) in [4.78, 5) is 28.5. The van der Waals surface area contributed by atoms with Crippen LogP contribution in [-0.4, -0.2) is 35.9 Å². The van der Waals surface area contributed by atoms with Crippen LogP contribution in [0.25, 0.3) is 0 Å². The van der Waals surface area contributed by atoms with Crippen molar-refractivity contribution in [2.24, 2.45) is 5.92 Å². The zero-order chi connectivity index (χ0) is 26.1. The standard InChI is InChI=1S/C28H29Cl3N2O3/c1-19(2)16-32-28(35)25(14-20-8-4-3-5-9-20)33(17-21-12-13-22(29)15-24(21)31)27(34)18-36-26-11-7-6-10-23(26)30/h3-13,15,19,25H,14,16-18H2,1-2H3,(H,32,35)/t25-/m0/s1. The van der Waals surface area contributed by atoms with E-state index in [0.717, 1.165) is 5.56 Å². The van der Waals surface area contributed by atoms with E-state index in [1.807, 2.05) is 44.2 Å². The molecule has 0 aliphatic heterocycles. The lowest BCUT2D eigenvalue weighted by Gasteiger charge is -2.32. The summed E-state index contributed by atoms with van der Waals surface area (Å²) in [5, 5.41) is 4.27. The SMILES string of the molecule is CC(C)CNC(=O)[C@H](Cc1ccccc1)N(Cc1ccc(Cl)cc1Cl)C(=O)COc1ccccc1Cl. The molecule has 0 aliphatic carbocycles. The Morgan fingerprint density at radius 1 is 0.917 bits per heavy atom. The predicted molar refractivity (Wildman–Crippen MR) is 146 cm³/mol. The van der Waals surface area contributed by atoms with Crippen LogP contribution in [0.5, 0.6) is 5.75 Å². The second-order valence-electron chi connectivity index (χ2n) is 8.82. The fraction of sp³-hybridized carbons (Fsp3) is 0.286. The quantitative estimate of drug-likeness (QED) is 0.301. The van der Waals surface area contributed by atoms with Crippen molar-refractivity contribution in [2.45, 2.75) is 32.9 Å². The average molecular weight is 548 g/mol. The molecule has 1 atom stereocenters. The van der Waals surface area contributed by atoms with Crippen LogP contribution < -0.4 is 10.1 Å². The Morgan fingerprint density at radius 2 is 1.61 bits per heavy atom. The van der Waals surface area contributed by atoms with E-state index in [9.17, 15) is 9.59 Å². The molecule has 0 spiro atoms. The second-order valence-corrected chi connectivity index (χ2v) is 10.1. The van der Waals surface area contributed by atoms with E-state index >= 15 is 0 Å². The summed E-state index contributed by atoms with van der Waals surface area (Å²) in [5.41, 5.74) is 1.59. The number of hydrogen-bond donors (Lipinski definition) is 1. The summed E-state index contributed by atoms with van der Waals surface area (Å²) in [6.45, 7) is 4.33. The van der Waals surface area contributed by atoms with Gasteiger partial charge in [-0.1, -0.05) is 97.2 Å². The first-order valence-corrected chi connectivity index (χ1v) is 12.8. The molecule has 0 saturated heterocycles. The van der Waals surface area contributed by atoms with Crippen molar-refractivity contribution in [3.05, 3.63) is 99.0 Å². The number of para-hydroxylation sites is 1. The third-order valence-electron chi connectivity index (χ3n) is 5.50. The molecule has 2 amide bonds. The summed E-state index contributed by atoms with van der Waals surface area (Å²) < 4.78 is 5.74. The Hall–Kier alpha value is -2.73. The molecule has 0 aliphatic rings. The van der Waals surface area contributed by atoms with Crippen molar-refractivity contribution in [3.63, 3.8) is 0 Å². The molecule has 3 aromatic rings. The third-order valence-corrected chi connectivity index (χ3v) is 6.40. The summed E-state index contributed by atoms with van der Waals surface area (Å²) in [5.74, 6) is 0.0240. The van der Waals surface area contributed by atoms with Gasteiger partial charge in [-0.25, -0.2) is 0 Å². The van der Waals surface area contributed by atoms with Gasteiger partial charge in [-0.3, -0.25) is 9.59 Å². The van der Waals surface area contributed by atoms with Crippen LogP contribution in [-0.2, 0) is 22.6 Å². The van der Waals surface area contributed by atoms with Crippen molar-refractivity contribution in [1.82, 2.24) is 10.2 Å². The van der Waals surface area contributed by atoms with E-state index in [1.54, 1.807) is 42.5 Å². The van der Waals surface area contributed by atoms with Gasteiger partial charge in [-0.05, 0) is 41.3 Å². The van der Waals surface area contributed by atoms with Crippen molar-refractivity contribution in [3.8, 4) is 5.75 Å². The van der Waals surface area contributed by atoms with Gasteiger partial charge in [0.05, 0.1) is 5.02 Å². The summed E-state index contributed by atoms with van der Waals surface area (Å²) in [6.07, 6.45) is 0.327. The second kappa shape index (κ2) is 13.5. The van der Waals surface area contributed by atoms with Gasteiger partial charge in [0, 0.05) is 29.6 Å². The zero-order valence-electron chi connectivity index (χ0n) is 20.2. The fourth-order valence-electron chi connectivity index (χ4n) is 3.59.